The SMILES string of the molecule is Cc1cnc2c(C(=O)N[C@H](C)c3nncn3C(C)C)cnn2c1. The highest BCUT2D eigenvalue weighted by atomic mass is 16.1. The third-order valence-electron chi connectivity index (χ3n) is 3.62. The van der Waals surface area contributed by atoms with Crippen LogP contribution in [0.3, 0.4) is 0 Å². The van der Waals surface area contributed by atoms with Crippen LogP contribution < -0.4 is 5.32 Å². The molecule has 0 aromatic carbocycles. The number of fused-ring (bicyclic) bond motifs is 1. The van der Waals surface area contributed by atoms with Gasteiger partial charge in [0.15, 0.2) is 11.5 Å². The lowest BCUT2D eigenvalue weighted by molar-refractivity contribution is 0.0938. The highest BCUT2D eigenvalue weighted by Crippen LogP contribution is 2.16. The highest BCUT2D eigenvalue weighted by molar-refractivity contribution is 5.99. The van der Waals surface area contributed by atoms with E-state index in [2.05, 4.69) is 25.6 Å². The number of aryl methyl sites for hydroxylation is 1. The Bertz CT molecular complexity index is 849. The first-order valence-electron chi connectivity index (χ1n) is 7.47. The largest absolute Gasteiger partial charge is 0.342 e. The lowest BCUT2D eigenvalue weighted by atomic mass is 10.2. The maximum Gasteiger partial charge on any atom is 0.257 e. The topological polar surface area (TPSA) is 90.0 Å². The van der Waals surface area contributed by atoms with Crippen molar-refractivity contribution in [1.29, 1.82) is 0 Å². The van der Waals surface area contributed by atoms with E-state index in [4.69, 9.17) is 0 Å². The lowest BCUT2D eigenvalue weighted by Crippen LogP contribution is -2.29. The molecular weight excluding hydrogens is 294 g/mol. The summed E-state index contributed by atoms with van der Waals surface area (Å²) in [6.45, 7) is 7.89. The molecule has 0 radical (unpaired) electrons. The van der Waals surface area contributed by atoms with Crippen LogP contribution in [0.5, 0.6) is 0 Å². The van der Waals surface area contributed by atoms with Gasteiger partial charge in [-0.1, -0.05) is 0 Å². The quantitative estimate of drug-likeness (QED) is 0.792. The van der Waals surface area contributed by atoms with Crippen molar-refractivity contribution in [3.05, 3.63) is 41.9 Å². The lowest BCUT2D eigenvalue weighted by Gasteiger charge is -2.16. The van der Waals surface area contributed by atoms with Gasteiger partial charge in [0.25, 0.3) is 5.91 Å². The zero-order chi connectivity index (χ0) is 16.6. The Hall–Kier alpha value is -2.77. The maximum atomic E-state index is 12.5. The zero-order valence-corrected chi connectivity index (χ0v) is 13.6. The van der Waals surface area contributed by atoms with E-state index in [9.17, 15) is 4.79 Å². The average Bonchev–Trinajstić information content (AvgIpc) is 3.13. The molecule has 3 rings (SSSR count). The maximum absolute atomic E-state index is 12.5. The fourth-order valence-electron chi connectivity index (χ4n) is 2.43. The van der Waals surface area contributed by atoms with Crippen molar-refractivity contribution < 1.29 is 4.79 Å². The fourth-order valence-corrected chi connectivity index (χ4v) is 2.43. The third kappa shape index (κ3) is 2.79. The van der Waals surface area contributed by atoms with Gasteiger partial charge >= 0.3 is 0 Å². The van der Waals surface area contributed by atoms with E-state index >= 15 is 0 Å². The van der Waals surface area contributed by atoms with Gasteiger partial charge in [0.1, 0.15) is 11.9 Å². The standard InChI is InChI=1S/C15H19N7O/c1-9(2)21-8-17-20-13(21)11(4)19-15(23)12-6-18-22-7-10(3)5-16-14(12)22/h5-9,11H,1-4H3,(H,19,23)/t11-/m1/s1. The highest BCUT2D eigenvalue weighted by Gasteiger charge is 2.20. The normalized spacial score (nSPS) is 12.7. The van der Waals surface area contributed by atoms with Crippen LogP contribution in [0.2, 0.25) is 0 Å². The molecule has 1 atom stereocenters. The molecule has 3 aromatic rings. The second-order valence-electron chi connectivity index (χ2n) is 5.84. The molecule has 0 aliphatic carbocycles. The van der Waals surface area contributed by atoms with E-state index in [1.807, 2.05) is 38.5 Å². The Labute approximate surface area is 133 Å². The number of hydrogen-bond donors (Lipinski definition) is 1. The van der Waals surface area contributed by atoms with Crippen molar-refractivity contribution in [1.82, 2.24) is 34.7 Å². The molecule has 0 aliphatic rings. The van der Waals surface area contributed by atoms with Crippen molar-refractivity contribution in [3.8, 4) is 0 Å². The molecule has 1 amide bonds. The third-order valence-corrected chi connectivity index (χ3v) is 3.62. The Morgan fingerprint density at radius 2 is 2.04 bits per heavy atom. The number of amides is 1. The van der Waals surface area contributed by atoms with Crippen LogP contribution in [-0.2, 0) is 0 Å². The minimum Gasteiger partial charge on any atom is -0.342 e. The monoisotopic (exact) mass is 313 g/mol. The van der Waals surface area contributed by atoms with Crippen LogP contribution in [0.1, 0.15) is 54.6 Å². The number of carbonyl (C=O) groups excluding carboxylic acids is 1. The van der Waals surface area contributed by atoms with Crippen LogP contribution in [0.25, 0.3) is 5.65 Å². The molecule has 0 spiro atoms. The molecule has 0 aliphatic heterocycles. The summed E-state index contributed by atoms with van der Waals surface area (Å²) >= 11 is 0. The summed E-state index contributed by atoms with van der Waals surface area (Å²) in [7, 11) is 0. The summed E-state index contributed by atoms with van der Waals surface area (Å²) in [5.74, 6) is 0.482. The van der Waals surface area contributed by atoms with E-state index in [0.717, 1.165) is 5.56 Å². The molecule has 0 saturated heterocycles. The molecular formula is C15H19N7O. The molecule has 8 nitrogen and oxygen atoms in total. The number of aromatic nitrogens is 6. The van der Waals surface area contributed by atoms with E-state index in [1.54, 1.807) is 17.0 Å². The van der Waals surface area contributed by atoms with Gasteiger partial charge in [-0.2, -0.15) is 5.10 Å². The minimum atomic E-state index is -0.271. The van der Waals surface area contributed by atoms with Crippen LogP contribution in [0, 0.1) is 6.92 Å². The van der Waals surface area contributed by atoms with Gasteiger partial charge in [-0.25, -0.2) is 9.50 Å². The molecule has 0 fully saturated rings. The summed E-state index contributed by atoms with van der Waals surface area (Å²) in [6.07, 6.45) is 6.74. The first kappa shape index (κ1) is 15.1. The second kappa shape index (κ2) is 5.79. The van der Waals surface area contributed by atoms with Crippen LogP contribution in [-0.4, -0.2) is 35.3 Å². The first-order chi connectivity index (χ1) is 11.0. The van der Waals surface area contributed by atoms with Crippen LogP contribution >= 0.6 is 0 Å². The smallest absolute Gasteiger partial charge is 0.257 e. The minimum absolute atomic E-state index is 0.223. The summed E-state index contributed by atoms with van der Waals surface area (Å²) < 4.78 is 3.54. The number of nitrogens with zero attached hydrogens (tertiary/aromatic N) is 6. The summed E-state index contributed by atoms with van der Waals surface area (Å²) in [5, 5.41) is 15.1. The molecule has 120 valence electrons. The van der Waals surface area contributed by atoms with Crippen molar-refractivity contribution in [2.24, 2.45) is 0 Å². The number of rotatable bonds is 4. The Morgan fingerprint density at radius 1 is 1.26 bits per heavy atom. The molecule has 8 heteroatoms. The second-order valence-corrected chi connectivity index (χ2v) is 5.84. The fraction of sp³-hybridized carbons (Fsp3) is 0.400. The predicted molar refractivity (Wildman–Crippen MR) is 84.0 cm³/mol. The Balaban J connectivity index is 1.84. The van der Waals surface area contributed by atoms with Gasteiger partial charge in [0.2, 0.25) is 0 Å². The average molecular weight is 313 g/mol. The van der Waals surface area contributed by atoms with E-state index in [0.29, 0.717) is 17.0 Å². The predicted octanol–water partition coefficient (Wildman–Crippen LogP) is 1.70. The van der Waals surface area contributed by atoms with Gasteiger partial charge < -0.3 is 9.88 Å². The molecule has 3 aromatic heterocycles. The van der Waals surface area contributed by atoms with E-state index < -0.39 is 0 Å². The van der Waals surface area contributed by atoms with Crippen LogP contribution in [0.15, 0.2) is 24.9 Å². The van der Waals surface area contributed by atoms with Crippen molar-refractivity contribution in [2.45, 2.75) is 39.8 Å². The number of carbonyl (C=O) groups is 1. The summed E-state index contributed by atoms with van der Waals surface area (Å²) in [6, 6.07) is -0.0474. The Morgan fingerprint density at radius 3 is 2.78 bits per heavy atom. The number of hydrogen-bond acceptors (Lipinski definition) is 5. The molecule has 3 heterocycles. The molecule has 1 N–H and O–H groups in total. The van der Waals surface area contributed by atoms with Gasteiger partial charge in [-0.05, 0) is 33.3 Å². The molecule has 23 heavy (non-hydrogen) atoms. The van der Waals surface area contributed by atoms with E-state index in [-0.39, 0.29) is 18.0 Å². The number of nitrogens with one attached hydrogen (secondary N) is 1. The van der Waals surface area contributed by atoms with Crippen LogP contribution in [0.4, 0.5) is 0 Å². The zero-order valence-electron chi connectivity index (χ0n) is 13.6. The van der Waals surface area contributed by atoms with E-state index in [1.165, 1.54) is 6.20 Å². The van der Waals surface area contributed by atoms with Crippen molar-refractivity contribution in [3.63, 3.8) is 0 Å². The molecule has 0 saturated carbocycles. The molecule has 0 bridgehead atoms. The van der Waals surface area contributed by atoms with Crippen molar-refractivity contribution >= 4 is 11.6 Å². The van der Waals surface area contributed by atoms with Gasteiger partial charge in [-0.3, -0.25) is 4.79 Å². The first-order valence-corrected chi connectivity index (χ1v) is 7.47. The molecule has 0 unspecified atom stereocenters. The van der Waals surface area contributed by atoms with Gasteiger partial charge in [0.05, 0.1) is 12.2 Å². The van der Waals surface area contributed by atoms with Crippen molar-refractivity contribution in [2.75, 3.05) is 0 Å². The van der Waals surface area contributed by atoms with Gasteiger partial charge in [-0.15, -0.1) is 10.2 Å². The Kier molecular flexibility index (Phi) is 3.81. The summed E-state index contributed by atoms with van der Waals surface area (Å²) in [5.41, 5.74) is 1.95. The van der Waals surface area contributed by atoms with Gasteiger partial charge in [0, 0.05) is 18.4 Å². The summed E-state index contributed by atoms with van der Waals surface area (Å²) in [4.78, 5) is 16.8.